The predicted octanol–water partition coefficient (Wildman–Crippen LogP) is 2.35. The summed E-state index contributed by atoms with van der Waals surface area (Å²) >= 11 is 0. The Hall–Kier alpha value is -2.60. The van der Waals surface area contributed by atoms with E-state index in [0.717, 1.165) is 5.56 Å². The summed E-state index contributed by atoms with van der Waals surface area (Å²) in [5, 5.41) is 2.65. The highest BCUT2D eigenvalue weighted by Gasteiger charge is 2.30. The number of benzene rings is 2. The van der Waals surface area contributed by atoms with Crippen LogP contribution < -0.4 is 9.62 Å². The van der Waals surface area contributed by atoms with Gasteiger partial charge in [0.1, 0.15) is 0 Å². The maximum Gasteiger partial charge on any atom is 0.264 e. The molecule has 0 spiro atoms. The Balaban J connectivity index is 1.94. The first-order valence-electron chi connectivity index (χ1n) is 7.64. The summed E-state index contributed by atoms with van der Waals surface area (Å²) in [6.07, 6.45) is 2.26. The van der Waals surface area contributed by atoms with Crippen LogP contribution in [0.1, 0.15) is 15.9 Å². The van der Waals surface area contributed by atoms with E-state index < -0.39 is 10.0 Å². The largest absolute Gasteiger partial charge is 0.349 e. The molecule has 2 aromatic rings. The third-order valence-electron chi connectivity index (χ3n) is 3.94. The average molecular weight is 342 g/mol. The zero-order valence-electron chi connectivity index (χ0n) is 13.1. The number of hydrogen-bond donors (Lipinski definition) is 1. The minimum atomic E-state index is -3.70. The molecule has 0 saturated carbocycles. The number of hydrogen-bond acceptors (Lipinski definition) is 3. The van der Waals surface area contributed by atoms with Crippen molar-refractivity contribution in [3.05, 3.63) is 72.3 Å². The molecule has 24 heavy (non-hydrogen) atoms. The Labute approximate surface area is 141 Å². The lowest BCUT2D eigenvalue weighted by Gasteiger charge is -2.19. The summed E-state index contributed by atoms with van der Waals surface area (Å²) in [5.41, 5.74) is 2.03. The Morgan fingerprint density at radius 2 is 2.00 bits per heavy atom. The molecular weight excluding hydrogens is 324 g/mol. The van der Waals surface area contributed by atoms with Crippen LogP contribution >= 0.6 is 0 Å². The van der Waals surface area contributed by atoms with Crippen LogP contribution in [0.4, 0.5) is 5.69 Å². The van der Waals surface area contributed by atoms with Gasteiger partial charge in [-0.3, -0.25) is 9.10 Å². The van der Waals surface area contributed by atoms with Crippen molar-refractivity contribution in [1.82, 2.24) is 5.32 Å². The molecule has 0 fully saturated rings. The van der Waals surface area contributed by atoms with Gasteiger partial charge in [0.05, 0.1) is 10.6 Å². The average Bonchev–Trinajstić information content (AvgIpc) is 3.04. The normalized spacial score (nSPS) is 13.4. The topological polar surface area (TPSA) is 66.5 Å². The summed E-state index contributed by atoms with van der Waals surface area (Å²) in [5.74, 6) is -0.325. The maximum atomic E-state index is 13.0. The molecule has 2 aromatic carbocycles. The Morgan fingerprint density at radius 3 is 2.79 bits per heavy atom. The number of para-hydroxylation sites is 1. The number of anilines is 1. The van der Waals surface area contributed by atoms with Crippen LogP contribution in [0.15, 0.2) is 66.1 Å². The number of nitrogens with one attached hydrogen (secondary N) is 1. The molecule has 3 rings (SSSR count). The van der Waals surface area contributed by atoms with E-state index in [0.29, 0.717) is 30.8 Å². The van der Waals surface area contributed by atoms with Gasteiger partial charge in [-0.15, -0.1) is 6.58 Å². The van der Waals surface area contributed by atoms with Gasteiger partial charge in [0, 0.05) is 18.7 Å². The van der Waals surface area contributed by atoms with E-state index in [1.165, 1.54) is 16.4 Å². The van der Waals surface area contributed by atoms with E-state index in [9.17, 15) is 13.2 Å². The third kappa shape index (κ3) is 2.92. The first-order chi connectivity index (χ1) is 11.5. The van der Waals surface area contributed by atoms with E-state index in [-0.39, 0.29) is 10.8 Å². The van der Waals surface area contributed by atoms with Crippen LogP contribution in [0.5, 0.6) is 0 Å². The lowest BCUT2D eigenvalue weighted by atomic mass is 10.2. The van der Waals surface area contributed by atoms with E-state index in [1.54, 1.807) is 24.3 Å². The Bertz CT molecular complexity index is 891. The number of rotatable bonds is 5. The van der Waals surface area contributed by atoms with Crippen LogP contribution in [-0.4, -0.2) is 27.4 Å². The molecule has 124 valence electrons. The van der Waals surface area contributed by atoms with Crippen molar-refractivity contribution in [3.8, 4) is 0 Å². The van der Waals surface area contributed by atoms with Crippen molar-refractivity contribution in [3.63, 3.8) is 0 Å². The zero-order chi connectivity index (χ0) is 17.2. The highest BCUT2D eigenvalue weighted by atomic mass is 32.2. The summed E-state index contributed by atoms with van der Waals surface area (Å²) in [6, 6.07) is 13.6. The van der Waals surface area contributed by atoms with Crippen LogP contribution in [0.25, 0.3) is 0 Å². The lowest BCUT2D eigenvalue weighted by molar-refractivity contribution is 0.0958. The van der Waals surface area contributed by atoms with Crippen LogP contribution in [-0.2, 0) is 16.4 Å². The van der Waals surface area contributed by atoms with Crippen molar-refractivity contribution in [1.29, 1.82) is 0 Å². The molecule has 6 heteroatoms. The second-order valence-electron chi connectivity index (χ2n) is 5.48. The molecule has 0 atom stereocenters. The fourth-order valence-corrected chi connectivity index (χ4v) is 4.30. The highest BCUT2D eigenvalue weighted by molar-refractivity contribution is 7.92. The van der Waals surface area contributed by atoms with Gasteiger partial charge in [-0.25, -0.2) is 8.42 Å². The van der Waals surface area contributed by atoms with Crippen molar-refractivity contribution >= 4 is 21.6 Å². The standard InChI is InChI=1S/C18H18N2O3S/c1-2-11-19-18(21)15-7-5-8-16(13-15)24(22,23)20-12-10-14-6-3-4-9-17(14)20/h2-9,13H,1,10-12H2,(H,19,21). The summed E-state index contributed by atoms with van der Waals surface area (Å²) in [6.45, 7) is 4.28. The second-order valence-corrected chi connectivity index (χ2v) is 7.34. The number of nitrogens with zero attached hydrogens (tertiary/aromatic N) is 1. The highest BCUT2D eigenvalue weighted by Crippen LogP contribution is 2.32. The first kappa shape index (κ1) is 16.3. The molecule has 1 aliphatic rings. The second kappa shape index (κ2) is 6.49. The minimum absolute atomic E-state index is 0.116. The van der Waals surface area contributed by atoms with Gasteiger partial charge in [0.15, 0.2) is 0 Å². The molecule has 0 bridgehead atoms. The van der Waals surface area contributed by atoms with Crippen molar-refractivity contribution in [2.45, 2.75) is 11.3 Å². The van der Waals surface area contributed by atoms with Gasteiger partial charge in [0.2, 0.25) is 0 Å². The van der Waals surface area contributed by atoms with Crippen LogP contribution in [0, 0.1) is 0 Å². The molecule has 1 heterocycles. The molecule has 0 unspecified atom stereocenters. The van der Waals surface area contributed by atoms with Gasteiger partial charge >= 0.3 is 0 Å². The van der Waals surface area contributed by atoms with Gasteiger partial charge < -0.3 is 5.32 Å². The molecule has 0 saturated heterocycles. The third-order valence-corrected chi connectivity index (χ3v) is 5.74. The minimum Gasteiger partial charge on any atom is -0.349 e. The summed E-state index contributed by atoms with van der Waals surface area (Å²) in [4.78, 5) is 12.2. The summed E-state index contributed by atoms with van der Waals surface area (Å²) in [7, 11) is -3.70. The molecule has 0 radical (unpaired) electrons. The molecule has 1 amide bonds. The Morgan fingerprint density at radius 1 is 1.21 bits per heavy atom. The molecule has 5 nitrogen and oxygen atoms in total. The Kier molecular flexibility index (Phi) is 4.40. The molecular formula is C18H18N2O3S. The fourth-order valence-electron chi connectivity index (χ4n) is 2.75. The van der Waals surface area contributed by atoms with Crippen molar-refractivity contribution in [2.75, 3.05) is 17.4 Å². The molecule has 1 N–H and O–H groups in total. The predicted molar refractivity (Wildman–Crippen MR) is 93.7 cm³/mol. The number of sulfonamides is 1. The smallest absolute Gasteiger partial charge is 0.264 e. The molecule has 0 aromatic heterocycles. The number of amides is 1. The quantitative estimate of drug-likeness (QED) is 0.848. The van der Waals surface area contributed by atoms with Gasteiger partial charge in [0.25, 0.3) is 15.9 Å². The fraction of sp³-hybridized carbons (Fsp3) is 0.167. The summed E-state index contributed by atoms with van der Waals surface area (Å²) < 4.78 is 27.3. The monoisotopic (exact) mass is 342 g/mol. The van der Waals surface area contributed by atoms with Gasteiger partial charge in [-0.1, -0.05) is 30.3 Å². The lowest BCUT2D eigenvalue weighted by Crippen LogP contribution is -2.29. The number of fused-ring (bicyclic) bond motifs is 1. The SMILES string of the molecule is C=CCNC(=O)c1cccc(S(=O)(=O)N2CCc3ccccc32)c1. The van der Waals surface area contributed by atoms with Crippen LogP contribution in [0.3, 0.4) is 0 Å². The first-order valence-corrected chi connectivity index (χ1v) is 9.08. The number of carbonyl (C=O) groups excluding carboxylic acids is 1. The van der Waals surface area contributed by atoms with Gasteiger partial charge in [-0.05, 0) is 36.2 Å². The van der Waals surface area contributed by atoms with E-state index >= 15 is 0 Å². The van der Waals surface area contributed by atoms with Crippen molar-refractivity contribution in [2.24, 2.45) is 0 Å². The van der Waals surface area contributed by atoms with E-state index in [4.69, 9.17) is 0 Å². The molecule has 1 aliphatic heterocycles. The van der Waals surface area contributed by atoms with Crippen LogP contribution in [0.2, 0.25) is 0 Å². The zero-order valence-corrected chi connectivity index (χ0v) is 13.9. The van der Waals surface area contributed by atoms with E-state index in [1.807, 2.05) is 18.2 Å². The van der Waals surface area contributed by atoms with Gasteiger partial charge in [-0.2, -0.15) is 0 Å². The maximum absolute atomic E-state index is 13.0. The number of carbonyl (C=O) groups is 1. The van der Waals surface area contributed by atoms with E-state index in [2.05, 4.69) is 11.9 Å². The molecule has 0 aliphatic carbocycles. The van der Waals surface area contributed by atoms with Crippen molar-refractivity contribution < 1.29 is 13.2 Å².